The molecule has 0 aromatic carbocycles. The van der Waals surface area contributed by atoms with Gasteiger partial charge in [0.05, 0.1) is 5.69 Å². The average Bonchev–Trinajstić information content (AvgIpc) is 2.17. The lowest BCUT2D eigenvalue weighted by Gasteiger charge is -2.08. The van der Waals surface area contributed by atoms with Gasteiger partial charge in [-0.15, -0.1) is 0 Å². The number of anilines is 1. The summed E-state index contributed by atoms with van der Waals surface area (Å²) in [6.45, 7) is 3.89. The fourth-order valence-corrected chi connectivity index (χ4v) is 1.63. The SMILES string of the molecule is Cc1cc(N)nc(C)c1-c1ncccn1. The third-order valence-electron chi connectivity index (χ3n) is 2.21. The van der Waals surface area contributed by atoms with Crippen molar-refractivity contribution in [2.45, 2.75) is 13.8 Å². The summed E-state index contributed by atoms with van der Waals surface area (Å²) in [6, 6.07) is 3.62. The van der Waals surface area contributed by atoms with Gasteiger partial charge >= 0.3 is 0 Å². The van der Waals surface area contributed by atoms with Crippen molar-refractivity contribution in [1.29, 1.82) is 0 Å². The summed E-state index contributed by atoms with van der Waals surface area (Å²) in [7, 11) is 0. The number of aryl methyl sites for hydroxylation is 2. The van der Waals surface area contributed by atoms with E-state index < -0.39 is 0 Å². The Morgan fingerprint density at radius 3 is 2.40 bits per heavy atom. The molecule has 0 aliphatic heterocycles. The molecular weight excluding hydrogens is 188 g/mol. The number of hydrogen-bond acceptors (Lipinski definition) is 4. The molecule has 0 fully saturated rings. The van der Waals surface area contributed by atoms with Crippen molar-refractivity contribution in [3.63, 3.8) is 0 Å². The van der Waals surface area contributed by atoms with Gasteiger partial charge in [-0.3, -0.25) is 0 Å². The maximum Gasteiger partial charge on any atom is 0.161 e. The summed E-state index contributed by atoms with van der Waals surface area (Å²) in [5.41, 5.74) is 8.52. The fourth-order valence-electron chi connectivity index (χ4n) is 1.63. The number of nitrogens with zero attached hydrogens (tertiary/aromatic N) is 3. The first-order valence-electron chi connectivity index (χ1n) is 4.69. The van der Waals surface area contributed by atoms with Crippen LogP contribution in [0.1, 0.15) is 11.3 Å². The summed E-state index contributed by atoms with van der Waals surface area (Å²) in [5.74, 6) is 1.23. The topological polar surface area (TPSA) is 64.7 Å². The van der Waals surface area contributed by atoms with E-state index in [9.17, 15) is 0 Å². The van der Waals surface area contributed by atoms with Gasteiger partial charge < -0.3 is 5.73 Å². The van der Waals surface area contributed by atoms with E-state index in [4.69, 9.17) is 5.73 Å². The lowest BCUT2D eigenvalue weighted by Crippen LogP contribution is -1.99. The Morgan fingerprint density at radius 1 is 1.13 bits per heavy atom. The van der Waals surface area contributed by atoms with Crippen LogP contribution in [0.2, 0.25) is 0 Å². The molecule has 0 atom stereocenters. The molecule has 2 rings (SSSR count). The van der Waals surface area contributed by atoms with Crippen LogP contribution in [-0.4, -0.2) is 15.0 Å². The molecule has 0 amide bonds. The second kappa shape index (κ2) is 3.65. The van der Waals surface area contributed by atoms with E-state index >= 15 is 0 Å². The highest BCUT2D eigenvalue weighted by Gasteiger charge is 2.09. The molecule has 4 nitrogen and oxygen atoms in total. The number of nitrogens with two attached hydrogens (primary N) is 1. The van der Waals surface area contributed by atoms with Crippen LogP contribution in [-0.2, 0) is 0 Å². The molecule has 2 N–H and O–H groups in total. The predicted octanol–water partition coefficient (Wildman–Crippen LogP) is 1.74. The molecular formula is C11H12N4. The van der Waals surface area contributed by atoms with Gasteiger partial charge in [-0.05, 0) is 31.5 Å². The van der Waals surface area contributed by atoms with E-state index in [1.54, 1.807) is 18.5 Å². The summed E-state index contributed by atoms with van der Waals surface area (Å²) < 4.78 is 0. The third-order valence-corrected chi connectivity index (χ3v) is 2.21. The minimum Gasteiger partial charge on any atom is -0.384 e. The van der Waals surface area contributed by atoms with Gasteiger partial charge in [0.15, 0.2) is 5.82 Å². The van der Waals surface area contributed by atoms with Crippen LogP contribution in [0.5, 0.6) is 0 Å². The van der Waals surface area contributed by atoms with Gasteiger partial charge in [0.2, 0.25) is 0 Å². The highest BCUT2D eigenvalue weighted by atomic mass is 14.9. The Labute approximate surface area is 88.2 Å². The predicted molar refractivity (Wildman–Crippen MR) is 59.1 cm³/mol. The van der Waals surface area contributed by atoms with Crippen LogP contribution in [0.15, 0.2) is 24.5 Å². The van der Waals surface area contributed by atoms with Crippen LogP contribution in [0.3, 0.4) is 0 Å². The molecule has 0 unspecified atom stereocenters. The number of hydrogen-bond donors (Lipinski definition) is 1. The molecule has 0 saturated heterocycles. The normalized spacial score (nSPS) is 10.3. The van der Waals surface area contributed by atoms with Crippen LogP contribution in [0.25, 0.3) is 11.4 Å². The van der Waals surface area contributed by atoms with Gasteiger partial charge in [0.1, 0.15) is 5.82 Å². The first kappa shape index (κ1) is 9.58. The first-order valence-corrected chi connectivity index (χ1v) is 4.69. The smallest absolute Gasteiger partial charge is 0.161 e. The summed E-state index contributed by atoms with van der Waals surface area (Å²) in [4.78, 5) is 12.6. The number of aromatic nitrogens is 3. The largest absolute Gasteiger partial charge is 0.384 e. The molecule has 4 heteroatoms. The van der Waals surface area contributed by atoms with Crippen molar-refractivity contribution < 1.29 is 0 Å². The van der Waals surface area contributed by atoms with E-state index in [0.29, 0.717) is 11.6 Å². The van der Waals surface area contributed by atoms with Gasteiger partial charge in [-0.1, -0.05) is 0 Å². The van der Waals surface area contributed by atoms with Crippen molar-refractivity contribution >= 4 is 5.82 Å². The standard InChI is InChI=1S/C11H12N4/c1-7-6-9(12)15-8(2)10(7)11-13-4-3-5-14-11/h3-6H,1-2H3,(H2,12,15). The van der Waals surface area contributed by atoms with Crippen molar-refractivity contribution in [2.24, 2.45) is 0 Å². The van der Waals surface area contributed by atoms with Gasteiger partial charge in [-0.2, -0.15) is 0 Å². The van der Waals surface area contributed by atoms with Gasteiger partial charge in [0, 0.05) is 18.0 Å². The zero-order valence-electron chi connectivity index (χ0n) is 8.73. The second-order valence-electron chi connectivity index (χ2n) is 3.40. The summed E-state index contributed by atoms with van der Waals surface area (Å²) in [6.07, 6.45) is 3.44. The monoisotopic (exact) mass is 200 g/mol. The molecule has 0 spiro atoms. The van der Waals surface area contributed by atoms with E-state index in [2.05, 4.69) is 15.0 Å². The first-order chi connectivity index (χ1) is 7.18. The lowest BCUT2D eigenvalue weighted by atomic mass is 10.1. The maximum absolute atomic E-state index is 5.65. The van der Waals surface area contributed by atoms with Crippen LogP contribution >= 0.6 is 0 Å². The highest BCUT2D eigenvalue weighted by Crippen LogP contribution is 2.23. The Hall–Kier alpha value is -1.97. The number of pyridine rings is 1. The van der Waals surface area contributed by atoms with Crippen molar-refractivity contribution in [1.82, 2.24) is 15.0 Å². The van der Waals surface area contributed by atoms with E-state index in [1.165, 1.54) is 0 Å². The van der Waals surface area contributed by atoms with E-state index in [0.717, 1.165) is 16.8 Å². The minimum absolute atomic E-state index is 0.532. The molecule has 2 aromatic heterocycles. The molecule has 0 aliphatic carbocycles. The van der Waals surface area contributed by atoms with E-state index in [1.807, 2.05) is 19.9 Å². The minimum atomic E-state index is 0.532. The average molecular weight is 200 g/mol. The molecule has 76 valence electrons. The molecule has 0 bridgehead atoms. The Balaban J connectivity index is 2.64. The summed E-state index contributed by atoms with van der Waals surface area (Å²) >= 11 is 0. The third kappa shape index (κ3) is 1.79. The van der Waals surface area contributed by atoms with Gasteiger partial charge in [-0.25, -0.2) is 15.0 Å². The number of rotatable bonds is 1. The molecule has 2 aromatic rings. The zero-order valence-corrected chi connectivity index (χ0v) is 8.73. The second-order valence-corrected chi connectivity index (χ2v) is 3.40. The van der Waals surface area contributed by atoms with Crippen LogP contribution < -0.4 is 5.73 Å². The fraction of sp³-hybridized carbons (Fsp3) is 0.182. The Bertz CT molecular complexity index is 456. The molecule has 0 aliphatic rings. The quantitative estimate of drug-likeness (QED) is 0.761. The summed E-state index contributed by atoms with van der Waals surface area (Å²) in [5, 5.41) is 0. The number of nitrogen functional groups attached to an aromatic ring is 1. The van der Waals surface area contributed by atoms with Crippen LogP contribution in [0, 0.1) is 13.8 Å². The van der Waals surface area contributed by atoms with Gasteiger partial charge in [0.25, 0.3) is 0 Å². The molecule has 15 heavy (non-hydrogen) atoms. The molecule has 0 saturated carbocycles. The van der Waals surface area contributed by atoms with Crippen molar-refractivity contribution in [2.75, 3.05) is 5.73 Å². The van der Waals surface area contributed by atoms with Crippen molar-refractivity contribution in [3.05, 3.63) is 35.8 Å². The Morgan fingerprint density at radius 2 is 1.80 bits per heavy atom. The van der Waals surface area contributed by atoms with Crippen molar-refractivity contribution in [3.8, 4) is 11.4 Å². The maximum atomic E-state index is 5.65. The molecule has 0 radical (unpaired) electrons. The zero-order chi connectivity index (χ0) is 10.8. The van der Waals surface area contributed by atoms with E-state index in [-0.39, 0.29) is 0 Å². The molecule has 2 heterocycles. The highest BCUT2D eigenvalue weighted by molar-refractivity contribution is 5.64. The lowest BCUT2D eigenvalue weighted by molar-refractivity contribution is 1.12. The van der Waals surface area contributed by atoms with Crippen LogP contribution in [0.4, 0.5) is 5.82 Å². The Kier molecular flexibility index (Phi) is 2.33.